The molecule has 4 N–H and O–H groups in total. The average Bonchev–Trinajstić information content (AvgIpc) is 2.14. The number of hydrogen-bond donors (Lipinski definition) is 4. The molecule has 0 aliphatic rings. The number of rotatable bonds is 6. The van der Waals surface area contributed by atoms with Crippen molar-refractivity contribution in [2.75, 3.05) is 19.7 Å². The number of nitrogens with one attached hydrogen (secondary N) is 2. The molecule has 0 radical (unpaired) electrons. The van der Waals surface area contributed by atoms with Gasteiger partial charge in [0.05, 0.1) is 13.0 Å². The number of carbonyl (C=O) groups is 1. The largest absolute Gasteiger partial charge is 0.481 e. The molecule has 15 heavy (non-hydrogen) atoms. The van der Waals surface area contributed by atoms with Gasteiger partial charge in [-0.25, -0.2) is 0 Å². The molecule has 0 saturated heterocycles. The Morgan fingerprint density at radius 3 is 2.47 bits per heavy atom. The average molecular weight is 234 g/mol. The lowest BCUT2D eigenvalue weighted by Crippen LogP contribution is -2.43. The van der Waals surface area contributed by atoms with Gasteiger partial charge in [-0.2, -0.15) is 0 Å². The van der Waals surface area contributed by atoms with Crippen LogP contribution in [0.15, 0.2) is 0 Å². The summed E-state index contributed by atoms with van der Waals surface area (Å²) in [6.45, 7) is 4.46. The molecule has 0 aromatic rings. The van der Waals surface area contributed by atoms with Crippen molar-refractivity contribution in [2.24, 2.45) is 5.41 Å². The van der Waals surface area contributed by atoms with E-state index in [0.29, 0.717) is 18.2 Å². The summed E-state index contributed by atoms with van der Waals surface area (Å²) in [5.74, 6) is -0.928. The first-order chi connectivity index (χ1) is 6.93. The number of thiocarbonyl (C=S) groups is 1. The molecule has 0 fully saturated rings. The molecule has 0 rings (SSSR count). The topological polar surface area (TPSA) is 81.6 Å². The lowest BCUT2D eigenvalue weighted by atomic mass is 9.88. The molecule has 0 heterocycles. The van der Waals surface area contributed by atoms with Crippen molar-refractivity contribution in [3.05, 3.63) is 0 Å². The minimum atomic E-state index is -0.928. The van der Waals surface area contributed by atoms with E-state index in [9.17, 15) is 4.79 Å². The number of carboxylic acid groups (broad SMARTS) is 1. The molecule has 5 nitrogen and oxygen atoms in total. The molecule has 0 saturated carbocycles. The monoisotopic (exact) mass is 234 g/mol. The van der Waals surface area contributed by atoms with Gasteiger partial charge in [-0.05, 0) is 19.1 Å². The zero-order chi connectivity index (χ0) is 11.9. The van der Waals surface area contributed by atoms with Crippen LogP contribution in [0.25, 0.3) is 0 Å². The van der Waals surface area contributed by atoms with E-state index >= 15 is 0 Å². The molecule has 0 spiro atoms. The Balaban J connectivity index is 4.08. The van der Waals surface area contributed by atoms with Crippen molar-refractivity contribution >= 4 is 23.3 Å². The first kappa shape index (κ1) is 14.1. The Bertz CT molecular complexity index is 235. The summed E-state index contributed by atoms with van der Waals surface area (Å²) < 4.78 is 0. The van der Waals surface area contributed by atoms with Crippen molar-refractivity contribution in [3.63, 3.8) is 0 Å². The van der Waals surface area contributed by atoms with Crippen LogP contribution in [0.1, 0.15) is 20.3 Å². The predicted molar refractivity (Wildman–Crippen MR) is 61.7 cm³/mol. The van der Waals surface area contributed by atoms with Crippen LogP contribution in [0.4, 0.5) is 0 Å². The minimum Gasteiger partial charge on any atom is -0.481 e. The van der Waals surface area contributed by atoms with Crippen molar-refractivity contribution in [3.8, 4) is 0 Å². The van der Waals surface area contributed by atoms with Gasteiger partial charge in [-0.3, -0.25) is 4.79 Å². The first-order valence-corrected chi connectivity index (χ1v) is 5.18. The second kappa shape index (κ2) is 6.58. The van der Waals surface area contributed by atoms with Gasteiger partial charge in [0.2, 0.25) is 0 Å². The number of aliphatic carboxylic acids is 1. The summed E-state index contributed by atoms with van der Waals surface area (Å²) in [5, 5.41) is 24.0. The third-order valence-electron chi connectivity index (χ3n) is 1.97. The van der Waals surface area contributed by atoms with Gasteiger partial charge in [0.1, 0.15) is 0 Å². The van der Waals surface area contributed by atoms with E-state index in [1.54, 1.807) is 6.92 Å². The predicted octanol–water partition coefficient (Wildman–Crippen LogP) is -0.0563. The molecular weight excluding hydrogens is 216 g/mol. The Hall–Kier alpha value is -0.880. The van der Waals surface area contributed by atoms with E-state index in [2.05, 4.69) is 10.6 Å². The third-order valence-corrected chi connectivity index (χ3v) is 2.26. The van der Waals surface area contributed by atoms with Gasteiger partial charge in [0.15, 0.2) is 5.11 Å². The van der Waals surface area contributed by atoms with E-state index in [4.69, 9.17) is 22.4 Å². The molecule has 0 aliphatic carbocycles. The zero-order valence-electron chi connectivity index (χ0n) is 9.04. The van der Waals surface area contributed by atoms with Gasteiger partial charge >= 0.3 is 5.97 Å². The molecule has 0 bridgehead atoms. The summed E-state index contributed by atoms with van der Waals surface area (Å²) in [4.78, 5) is 10.6. The van der Waals surface area contributed by atoms with Gasteiger partial charge in [-0.15, -0.1) is 0 Å². The Labute approximate surface area is 94.9 Å². The van der Waals surface area contributed by atoms with E-state index < -0.39 is 11.4 Å². The molecule has 0 aromatic heterocycles. The van der Waals surface area contributed by atoms with Crippen LogP contribution in [0, 0.1) is 5.41 Å². The SMILES string of the molecule is CCNC(=S)NCC(C)(CO)CC(=O)O. The first-order valence-electron chi connectivity index (χ1n) is 4.78. The number of carboxylic acids is 1. The van der Waals surface area contributed by atoms with Crippen LogP contribution < -0.4 is 10.6 Å². The Kier molecular flexibility index (Phi) is 6.19. The fourth-order valence-corrected chi connectivity index (χ4v) is 1.27. The standard InChI is InChI=1S/C9H18N2O3S/c1-3-10-8(15)11-5-9(2,6-12)4-7(13)14/h12H,3-6H2,1-2H3,(H,13,14)(H2,10,11,15). The maximum absolute atomic E-state index is 10.6. The van der Waals surface area contributed by atoms with Crippen molar-refractivity contribution in [2.45, 2.75) is 20.3 Å². The lowest BCUT2D eigenvalue weighted by molar-refractivity contribution is -0.140. The van der Waals surface area contributed by atoms with E-state index in [1.807, 2.05) is 6.92 Å². The van der Waals surface area contributed by atoms with Gasteiger partial charge in [-0.1, -0.05) is 6.92 Å². The van der Waals surface area contributed by atoms with Gasteiger partial charge in [0.25, 0.3) is 0 Å². The van der Waals surface area contributed by atoms with Gasteiger partial charge < -0.3 is 20.8 Å². The van der Waals surface area contributed by atoms with E-state index in [1.165, 1.54) is 0 Å². The highest BCUT2D eigenvalue weighted by molar-refractivity contribution is 7.80. The molecular formula is C9H18N2O3S. The summed E-state index contributed by atoms with van der Waals surface area (Å²) >= 11 is 4.93. The van der Waals surface area contributed by atoms with Crippen LogP contribution >= 0.6 is 12.2 Å². The summed E-state index contributed by atoms with van der Waals surface area (Å²) in [7, 11) is 0. The molecule has 1 unspecified atom stereocenters. The number of aliphatic hydroxyl groups excluding tert-OH is 1. The fourth-order valence-electron chi connectivity index (χ4n) is 1.06. The molecule has 6 heteroatoms. The molecule has 0 aromatic carbocycles. The van der Waals surface area contributed by atoms with Crippen LogP contribution in [0.3, 0.4) is 0 Å². The summed E-state index contributed by atoms with van der Waals surface area (Å²) in [6, 6.07) is 0. The van der Waals surface area contributed by atoms with Crippen LogP contribution in [-0.4, -0.2) is 41.0 Å². The Morgan fingerprint density at radius 2 is 2.07 bits per heavy atom. The number of hydrogen-bond acceptors (Lipinski definition) is 3. The van der Waals surface area contributed by atoms with Gasteiger partial charge in [0, 0.05) is 18.5 Å². The maximum atomic E-state index is 10.6. The lowest BCUT2D eigenvalue weighted by Gasteiger charge is -2.26. The van der Waals surface area contributed by atoms with Crippen LogP contribution in [0.5, 0.6) is 0 Å². The van der Waals surface area contributed by atoms with Crippen molar-refractivity contribution in [1.29, 1.82) is 0 Å². The summed E-state index contributed by atoms with van der Waals surface area (Å²) in [5.41, 5.74) is -0.689. The molecule has 1 atom stereocenters. The van der Waals surface area contributed by atoms with E-state index in [0.717, 1.165) is 0 Å². The molecule has 0 aliphatic heterocycles. The molecule has 88 valence electrons. The quantitative estimate of drug-likeness (QED) is 0.482. The zero-order valence-corrected chi connectivity index (χ0v) is 9.86. The maximum Gasteiger partial charge on any atom is 0.304 e. The number of aliphatic hydroxyl groups is 1. The van der Waals surface area contributed by atoms with Crippen LogP contribution in [0.2, 0.25) is 0 Å². The second-order valence-corrected chi connectivity index (χ2v) is 4.16. The normalized spacial score (nSPS) is 14.1. The fraction of sp³-hybridized carbons (Fsp3) is 0.778. The van der Waals surface area contributed by atoms with E-state index in [-0.39, 0.29) is 13.0 Å². The summed E-state index contributed by atoms with van der Waals surface area (Å²) in [6.07, 6.45) is -0.0920. The molecule has 0 amide bonds. The third kappa shape index (κ3) is 6.24. The smallest absolute Gasteiger partial charge is 0.304 e. The van der Waals surface area contributed by atoms with Crippen LogP contribution in [-0.2, 0) is 4.79 Å². The van der Waals surface area contributed by atoms with Crippen molar-refractivity contribution < 1.29 is 15.0 Å². The second-order valence-electron chi connectivity index (χ2n) is 3.75. The highest BCUT2D eigenvalue weighted by Crippen LogP contribution is 2.18. The minimum absolute atomic E-state index is 0.0920. The van der Waals surface area contributed by atoms with Crippen molar-refractivity contribution in [1.82, 2.24) is 10.6 Å². The highest BCUT2D eigenvalue weighted by Gasteiger charge is 2.26. The Morgan fingerprint density at radius 1 is 1.47 bits per heavy atom. The highest BCUT2D eigenvalue weighted by atomic mass is 32.1.